The maximum atomic E-state index is 13.5. The molecule has 3 rings (SSSR count). The first-order valence-electron chi connectivity index (χ1n) is 8.52. The second kappa shape index (κ2) is 7.48. The van der Waals surface area contributed by atoms with Crippen molar-refractivity contribution in [2.24, 2.45) is 0 Å². The van der Waals surface area contributed by atoms with Crippen LogP contribution in [0, 0.1) is 0 Å². The molecule has 2 fully saturated rings. The Balaban J connectivity index is 2.04. The van der Waals surface area contributed by atoms with Crippen molar-refractivity contribution in [3.05, 3.63) is 34.9 Å². The molecule has 2 aliphatic rings. The molecule has 1 unspecified atom stereocenters. The zero-order valence-electron chi connectivity index (χ0n) is 13.6. The number of carbonyl (C=O) groups excluding carboxylic acids is 1. The minimum atomic E-state index is -1.05. The Kier molecular flexibility index (Phi) is 5.74. The fraction of sp³-hybridized carbons (Fsp3) is 0.611. The Hall–Kier alpha value is -0.370. The molecule has 1 N–H and O–H groups in total. The van der Waals surface area contributed by atoms with Crippen LogP contribution in [0.3, 0.4) is 0 Å². The fourth-order valence-electron chi connectivity index (χ4n) is 3.76. The molecule has 1 atom stereocenters. The monoisotopic (exact) mass is 463 g/mol. The fourth-order valence-corrected chi connectivity index (χ4v) is 5.17. The number of aliphatic hydroxyl groups is 1. The molecule has 1 saturated heterocycles. The van der Waals surface area contributed by atoms with Gasteiger partial charge in [0.05, 0.1) is 18.8 Å². The Morgan fingerprint density at radius 2 is 1.92 bits per heavy atom. The van der Waals surface area contributed by atoms with Crippen LogP contribution in [0.1, 0.15) is 37.7 Å². The summed E-state index contributed by atoms with van der Waals surface area (Å²) in [6.45, 7) is 2.24. The van der Waals surface area contributed by atoms with Crippen LogP contribution in [0.2, 0.25) is 5.02 Å². The van der Waals surface area contributed by atoms with Gasteiger partial charge in [-0.3, -0.25) is 4.79 Å². The lowest BCUT2D eigenvalue weighted by Crippen LogP contribution is -2.59. The highest BCUT2D eigenvalue weighted by molar-refractivity contribution is 14.1. The van der Waals surface area contributed by atoms with Crippen molar-refractivity contribution >= 4 is 40.1 Å². The summed E-state index contributed by atoms with van der Waals surface area (Å²) >= 11 is 8.38. The predicted molar refractivity (Wildman–Crippen MR) is 103 cm³/mol. The van der Waals surface area contributed by atoms with Crippen LogP contribution < -0.4 is 0 Å². The van der Waals surface area contributed by atoms with Crippen molar-refractivity contribution in [2.45, 2.75) is 41.1 Å². The van der Waals surface area contributed by atoms with E-state index in [9.17, 15) is 9.90 Å². The molecule has 6 heteroatoms. The van der Waals surface area contributed by atoms with Crippen LogP contribution in [-0.2, 0) is 13.0 Å². The SMILES string of the molecule is O=C(N1CCOCC1)C(I)(c1cccc(Cl)c1)C1(O)CCCCC1. The molecule has 1 saturated carbocycles. The number of carbonyl (C=O) groups is 1. The standard InChI is InChI=1S/C18H23ClINO3/c19-15-6-4-5-14(13-15)18(20,17(23)7-2-1-3-8-17)16(22)21-9-11-24-12-10-21/h4-6,13,23H,1-3,7-12H2. The minimum absolute atomic E-state index is 0.0296. The predicted octanol–water partition coefficient (Wildman–Crippen LogP) is 3.52. The van der Waals surface area contributed by atoms with Gasteiger partial charge >= 0.3 is 0 Å². The maximum absolute atomic E-state index is 13.5. The van der Waals surface area contributed by atoms with Crippen LogP contribution in [-0.4, -0.2) is 47.8 Å². The third kappa shape index (κ3) is 3.32. The number of alkyl halides is 1. The first-order chi connectivity index (χ1) is 11.5. The molecule has 0 radical (unpaired) electrons. The van der Waals surface area contributed by atoms with E-state index >= 15 is 0 Å². The largest absolute Gasteiger partial charge is 0.388 e. The summed E-state index contributed by atoms with van der Waals surface area (Å²) < 4.78 is 4.36. The summed E-state index contributed by atoms with van der Waals surface area (Å²) in [5.74, 6) is -0.0296. The summed E-state index contributed by atoms with van der Waals surface area (Å²) in [5, 5.41) is 12.1. The molecule has 0 spiro atoms. The normalized spacial score (nSPS) is 23.5. The van der Waals surface area contributed by atoms with E-state index in [1.165, 1.54) is 0 Å². The first-order valence-corrected chi connectivity index (χ1v) is 9.97. The Labute approximate surface area is 161 Å². The molecule has 1 aromatic carbocycles. The van der Waals surface area contributed by atoms with Crippen molar-refractivity contribution in [1.29, 1.82) is 0 Å². The molecular formula is C18H23ClINO3. The Morgan fingerprint density at radius 3 is 2.54 bits per heavy atom. The third-order valence-electron chi connectivity index (χ3n) is 5.14. The number of ether oxygens (including phenoxy) is 1. The lowest BCUT2D eigenvalue weighted by molar-refractivity contribution is -0.147. The quantitative estimate of drug-likeness (QED) is 0.551. The van der Waals surface area contributed by atoms with E-state index in [-0.39, 0.29) is 5.91 Å². The van der Waals surface area contributed by atoms with E-state index in [4.69, 9.17) is 16.3 Å². The highest BCUT2D eigenvalue weighted by Gasteiger charge is 2.56. The van der Waals surface area contributed by atoms with Crippen molar-refractivity contribution < 1.29 is 14.6 Å². The maximum Gasteiger partial charge on any atom is 0.246 e. The van der Waals surface area contributed by atoms with Gasteiger partial charge in [-0.15, -0.1) is 0 Å². The number of amides is 1. The summed E-state index contributed by atoms with van der Waals surface area (Å²) in [4.78, 5) is 15.3. The molecule has 4 nitrogen and oxygen atoms in total. The molecule has 24 heavy (non-hydrogen) atoms. The second-order valence-corrected chi connectivity index (χ2v) is 8.72. The molecular weight excluding hydrogens is 441 g/mol. The summed E-state index contributed by atoms with van der Waals surface area (Å²) in [6.07, 6.45) is 4.27. The van der Waals surface area contributed by atoms with Gasteiger partial charge in [0.15, 0.2) is 3.42 Å². The van der Waals surface area contributed by atoms with Crippen LogP contribution >= 0.6 is 34.2 Å². The van der Waals surface area contributed by atoms with E-state index in [0.717, 1.165) is 24.8 Å². The van der Waals surface area contributed by atoms with Crippen molar-refractivity contribution in [3.63, 3.8) is 0 Å². The van der Waals surface area contributed by atoms with E-state index in [1.54, 1.807) is 6.07 Å². The number of nitrogens with zero attached hydrogens (tertiary/aromatic N) is 1. The number of hydrogen-bond acceptors (Lipinski definition) is 3. The molecule has 1 aliphatic carbocycles. The highest BCUT2D eigenvalue weighted by Crippen LogP contribution is 2.50. The molecule has 1 aliphatic heterocycles. The molecule has 1 aromatic rings. The van der Waals surface area contributed by atoms with E-state index in [0.29, 0.717) is 44.2 Å². The summed E-state index contributed by atoms with van der Waals surface area (Å²) in [6, 6.07) is 7.37. The van der Waals surface area contributed by atoms with Gasteiger partial charge in [-0.2, -0.15) is 0 Å². The first kappa shape index (κ1) is 18.4. The van der Waals surface area contributed by atoms with Crippen LogP contribution in [0.4, 0.5) is 0 Å². The van der Waals surface area contributed by atoms with Gasteiger partial charge < -0.3 is 14.7 Å². The zero-order valence-corrected chi connectivity index (χ0v) is 16.6. The number of benzene rings is 1. The highest BCUT2D eigenvalue weighted by atomic mass is 127. The van der Waals surface area contributed by atoms with Crippen LogP contribution in [0.5, 0.6) is 0 Å². The second-order valence-electron chi connectivity index (χ2n) is 6.67. The molecule has 1 amide bonds. The summed E-state index contributed by atoms with van der Waals surface area (Å²) in [7, 11) is 0. The van der Waals surface area contributed by atoms with E-state index in [1.807, 2.05) is 23.1 Å². The lowest BCUT2D eigenvalue weighted by Gasteiger charge is -2.47. The van der Waals surface area contributed by atoms with Crippen molar-refractivity contribution in [3.8, 4) is 0 Å². The van der Waals surface area contributed by atoms with Gasteiger partial charge in [-0.25, -0.2) is 0 Å². The molecule has 132 valence electrons. The molecule has 0 bridgehead atoms. The van der Waals surface area contributed by atoms with Gasteiger partial charge in [0.25, 0.3) is 0 Å². The van der Waals surface area contributed by atoms with Gasteiger partial charge in [0, 0.05) is 18.1 Å². The Morgan fingerprint density at radius 1 is 1.25 bits per heavy atom. The molecule has 1 heterocycles. The minimum Gasteiger partial charge on any atom is -0.388 e. The van der Waals surface area contributed by atoms with Gasteiger partial charge in [0.1, 0.15) is 0 Å². The lowest BCUT2D eigenvalue weighted by atomic mass is 9.72. The van der Waals surface area contributed by atoms with Crippen LogP contribution in [0.15, 0.2) is 24.3 Å². The Bertz CT molecular complexity index is 600. The number of hydrogen-bond donors (Lipinski definition) is 1. The smallest absolute Gasteiger partial charge is 0.246 e. The van der Waals surface area contributed by atoms with Gasteiger partial charge in [-0.1, -0.05) is 65.6 Å². The average molecular weight is 464 g/mol. The average Bonchev–Trinajstić information content (AvgIpc) is 2.61. The third-order valence-corrected chi connectivity index (χ3v) is 7.46. The summed E-state index contributed by atoms with van der Waals surface area (Å²) in [5.41, 5.74) is -0.261. The van der Waals surface area contributed by atoms with Gasteiger partial charge in [0.2, 0.25) is 5.91 Å². The van der Waals surface area contributed by atoms with E-state index in [2.05, 4.69) is 22.6 Å². The number of rotatable bonds is 3. The molecule has 0 aromatic heterocycles. The zero-order chi connectivity index (χ0) is 17.2. The number of morpholine rings is 1. The van der Waals surface area contributed by atoms with Crippen molar-refractivity contribution in [2.75, 3.05) is 26.3 Å². The topological polar surface area (TPSA) is 49.8 Å². The number of halogens is 2. The van der Waals surface area contributed by atoms with Gasteiger partial charge in [-0.05, 0) is 30.5 Å². The van der Waals surface area contributed by atoms with Crippen molar-refractivity contribution in [1.82, 2.24) is 4.90 Å². The van der Waals surface area contributed by atoms with E-state index < -0.39 is 9.02 Å². The van der Waals surface area contributed by atoms with Crippen LogP contribution in [0.25, 0.3) is 0 Å².